The molecule has 3 N–H and O–H groups in total. The van der Waals surface area contributed by atoms with Gasteiger partial charge in [-0.25, -0.2) is 5.43 Å². The van der Waals surface area contributed by atoms with Gasteiger partial charge in [-0.15, -0.1) is 0 Å². The van der Waals surface area contributed by atoms with Crippen LogP contribution in [0, 0.1) is 0 Å². The van der Waals surface area contributed by atoms with Crippen LogP contribution in [0.1, 0.15) is 22.8 Å². The van der Waals surface area contributed by atoms with Crippen molar-refractivity contribution in [2.75, 3.05) is 5.32 Å². The van der Waals surface area contributed by atoms with Crippen molar-refractivity contribution in [1.82, 2.24) is 5.43 Å². The molecule has 0 heterocycles. The van der Waals surface area contributed by atoms with Crippen molar-refractivity contribution < 1.29 is 14.7 Å². The van der Waals surface area contributed by atoms with E-state index in [0.29, 0.717) is 26.3 Å². The van der Waals surface area contributed by atoms with Crippen molar-refractivity contribution in [2.45, 2.75) is 6.92 Å². The Morgan fingerprint density at radius 2 is 1.92 bits per heavy atom. The number of carbonyl (C=O) groups excluding carboxylic acids is 2. The number of hydrazone groups is 1. The number of carbonyl (C=O) groups is 2. The van der Waals surface area contributed by atoms with Gasteiger partial charge in [0.2, 0.25) is 5.91 Å². The quantitative estimate of drug-likeness (QED) is 0.532. The number of nitrogens with one attached hydrogen (secondary N) is 2. The summed E-state index contributed by atoms with van der Waals surface area (Å²) in [5, 5.41) is 16.7. The maximum Gasteiger partial charge on any atom is 0.271 e. The lowest BCUT2D eigenvalue weighted by molar-refractivity contribution is -0.114. The molecule has 2 rings (SSSR count). The van der Waals surface area contributed by atoms with Gasteiger partial charge in [0.15, 0.2) is 0 Å². The minimum absolute atomic E-state index is 0.0305. The second-order valence-corrected chi connectivity index (χ2v) is 6.07. The van der Waals surface area contributed by atoms with Crippen molar-refractivity contribution in [1.29, 1.82) is 0 Å². The molecule has 0 spiro atoms. The molecule has 0 aliphatic heterocycles. The van der Waals surface area contributed by atoms with Crippen LogP contribution in [0.4, 0.5) is 5.69 Å². The van der Waals surface area contributed by atoms with Crippen LogP contribution in [0.5, 0.6) is 5.75 Å². The molecule has 0 aromatic heterocycles. The Kier molecular flexibility index (Phi) is 5.94. The first-order chi connectivity index (χ1) is 11.4. The number of phenols is 1. The molecule has 0 aliphatic rings. The highest BCUT2D eigenvalue weighted by molar-refractivity contribution is 9.10. The minimum atomic E-state index is -0.429. The summed E-state index contributed by atoms with van der Waals surface area (Å²) in [6, 6.07) is 9.40. The summed E-state index contributed by atoms with van der Waals surface area (Å²) >= 11 is 9.05. The third-order valence-corrected chi connectivity index (χ3v) is 3.72. The van der Waals surface area contributed by atoms with Crippen molar-refractivity contribution in [3.63, 3.8) is 0 Å². The number of hydrogen-bond acceptors (Lipinski definition) is 4. The second kappa shape index (κ2) is 7.94. The molecule has 0 bridgehead atoms. The Hall–Kier alpha value is -2.38. The van der Waals surface area contributed by atoms with E-state index in [2.05, 4.69) is 31.8 Å². The largest absolute Gasteiger partial charge is 0.506 e. The Balaban J connectivity index is 2.04. The topological polar surface area (TPSA) is 90.8 Å². The summed E-state index contributed by atoms with van der Waals surface area (Å²) in [5.74, 6) is -0.650. The van der Waals surface area contributed by atoms with Gasteiger partial charge in [-0.3, -0.25) is 9.59 Å². The number of hydrogen-bond donors (Lipinski definition) is 3. The van der Waals surface area contributed by atoms with E-state index in [0.717, 1.165) is 0 Å². The van der Waals surface area contributed by atoms with Gasteiger partial charge in [-0.2, -0.15) is 5.10 Å². The van der Waals surface area contributed by atoms with Gasteiger partial charge in [0.1, 0.15) is 5.75 Å². The lowest BCUT2D eigenvalue weighted by Crippen LogP contribution is -2.17. The summed E-state index contributed by atoms with van der Waals surface area (Å²) in [7, 11) is 0. The monoisotopic (exact) mass is 409 g/mol. The first kappa shape index (κ1) is 18.0. The number of nitrogens with zero attached hydrogens (tertiary/aromatic N) is 1. The standard InChI is InChI=1S/C16H13BrClN3O3/c1-9(22)20-13-4-2-10(3-5-13)16(24)21-19-8-11-6-12(18)7-14(17)15(11)23/h2-8,23H,1H3,(H,20,22)(H,21,24)/b19-8-. The molecular formula is C16H13BrClN3O3. The van der Waals surface area contributed by atoms with Crippen LogP contribution in [0.3, 0.4) is 0 Å². The lowest BCUT2D eigenvalue weighted by Gasteiger charge is -2.04. The van der Waals surface area contributed by atoms with Crippen molar-refractivity contribution in [2.24, 2.45) is 5.10 Å². The molecule has 0 unspecified atom stereocenters. The Bertz CT molecular complexity index is 807. The number of aromatic hydroxyl groups is 1. The van der Waals surface area contributed by atoms with Crippen LogP contribution >= 0.6 is 27.5 Å². The van der Waals surface area contributed by atoms with Crippen LogP contribution in [0.15, 0.2) is 46.0 Å². The van der Waals surface area contributed by atoms with E-state index >= 15 is 0 Å². The number of amides is 2. The van der Waals surface area contributed by atoms with Gasteiger partial charge >= 0.3 is 0 Å². The molecule has 8 heteroatoms. The molecule has 0 saturated carbocycles. The van der Waals surface area contributed by atoms with E-state index in [9.17, 15) is 14.7 Å². The molecule has 0 atom stereocenters. The lowest BCUT2D eigenvalue weighted by atomic mass is 10.2. The van der Waals surface area contributed by atoms with E-state index in [1.165, 1.54) is 19.2 Å². The fourth-order valence-electron chi connectivity index (χ4n) is 1.82. The summed E-state index contributed by atoms with van der Waals surface area (Å²) in [4.78, 5) is 22.9. The van der Waals surface area contributed by atoms with Crippen molar-refractivity contribution >= 4 is 51.2 Å². The summed E-state index contributed by atoms with van der Waals surface area (Å²) in [6.07, 6.45) is 1.29. The van der Waals surface area contributed by atoms with Crippen LogP contribution < -0.4 is 10.7 Å². The zero-order valence-corrected chi connectivity index (χ0v) is 14.9. The fraction of sp³-hybridized carbons (Fsp3) is 0.0625. The molecular weight excluding hydrogens is 398 g/mol. The Morgan fingerprint density at radius 1 is 1.25 bits per heavy atom. The van der Waals surface area contributed by atoms with E-state index in [4.69, 9.17) is 11.6 Å². The van der Waals surface area contributed by atoms with E-state index < -0.39 is 5.91 Å². The highest BCUT2D eigenvalue weighted by atomic mass is 79.9. The zero-order valence-electron chi connectivity index (χ0n) is 12.5. The first-order valence-corrected chi connectivity index (χ1v) is 7.93. The molecule has 124 valence electrons. The third kappa shape index (κ3) is 4.81. The fourth-order valence-corrected chi connectivity index (χ4v) is 2.65. The average Bonchev–Trinajstić information content (AvgIpc) is 2.52. The third-order valence-electron chi connectivity index (χ3n) is 2.89. The molecule has 2 aromatic carbocycles. The smallest absolute Gasteiger partial charge is 0.271 e. The van der Waals surface area contributed by atoms with Gasteiger partial charge in [0.25, 0.3) is 5.91 Å². The maximum absolute atomic E-state index is 12.0. The Morgan fingerprint density at radius 3 is 2.54 bits per heavy atom. The summed E-state index contributed by atoms with van der Waals surface area (Å²) < 4.78 is 0.427. The van der Waals surface area contributed by atoms with Gasteiger partial charge in [-0.1, -0.05) is 11.6 Å². The summed E-state index contributed by atoms with van der Waals surface area (Å²) in [5.41, 5.74) is 3.67. The van der Waals surface area contributed by atoms with Gasteiger partial charge in [-0.05, 0) is 52.3 Å². The SMILES string of the molecule is CC(=O)Nc1ccc(C(=O)N/N=C\c2cc(Cl)cc(Br)c2O)cc1. The van der Waals surface area contributed by atoms with E-state index in [-0.39, 0.29) is 11.7 Å². The summed E-state index contributed by atoms with van der Waals surface area (Å²) in [6.45, 7) is 1.40. The number of halogens is 2. The van der Waals surface area contributed by atoms with Crippen LogP contribution in [-0.2, 0) is 4.79 Å². The molecule has 6 nitrogen and oxygen atoms in total. The second-order valence-electron chi connectivity index (χ2n) is 4.78. The number of benzene rings is 2. The van der Waals surface area contributed by atoms with Gasteiger partial charge in [0, 0.05) is 28.8 Å². The predicted octanol–water partition coefficient (Wildman–Crippen LogP) is 3.53. The molecule has 0 radical (unpaired) electrons. The average molecular weight is 411 g/mol. The van der Waals surface area contributed by atoms with Crippen molar-refractivity contribution in [3.05, 3.63) is 57.0 Å². The van der Waals surface area contributed by atoms with Crippen molar-refractivity contribution in [3.8, 4) is 5.75 Å². The highest BCUT2D eigenvalue weighted by Gasteiger charge is 2.07. The molecule has 2 aromatic rings. The number of phenolic OH excluding ortho intramolecular Hbond substituents is 1. The van der Waals surface area contributed by atoms with Gasteiger partial charge in [0.05, 0.1) is 10.7 Å². The van der Waals surface area contributed by atoms with Crippen LogP contribution in [0.25, 0.3) is 0 Å². The van der Waals surface area contributed by atoms with E-state index in [1.807, 2.05) is 0 Å². The Labute approximate surface area is 151 Å². The molecule has 24 heavy (non-hydrogen) atoms. The van der Waals surface area contributed by atoms with Crippen LogP contribution in [0.2, 0.25) is 5.02 Å². The number of rotatable bonds is 4. The zero-order chi connectivity index (χ0) is 17.7. The normalized spacial score (nSPS) is 10.6. The van der Waals surface area contributed by atoms with Crippen LogP contribution in [-0.4, -0.2) is 23.1 Å². The molecule has 2 amide bonds. The van der Waals surface area contributed by atoms with E-state index in [1.54, 1.807) is 30.3 Å². The van der Waals surface area contributed by atoms with Gasteiger partial charge < -0.3 is 10.4 Å². The minimum Gasteiger partial charge on any atom is -0.506 e. The predicted molar refractivity (Wildman–Crippen MR) is 96.6 cm³/mol. The molecule has 0 saturated heterocycles. The first-order valence-electron chi connectivity index (χ1n) is 6.76. The number of anilines is 1. The molecule has 0 fully saturated rings. The molecule has 0 aliphatic carbocycles. The maximum atomic E-state index is 12.0. The highest BCUT2D eigenvalue weighted by Crippen LogP contribution is 2.30.